The zero-order valence-electron chi connectivity index (χ0n) is 11.6. The van der Waals surface area contributed by atoms with Crippen LogP contribution in [0.2, 0.25) is 0 Å². The SMILES string of the molecule is CCCC(CC)NCCc1ccccc1C(F)(F)F. The monoisotopic (exact) mass is 273 g/mol. The van der Waals surface area contributed by atoms with Crippen LogP contribution in [0.3, 0.4) is 0 Å². The van der Waals surface area contributed by atoms with E-state index in [0.717, 1.165) is 25.3 Å². The van der Waals surface area contributed by atoms with Gasteiger partial charge < -0.3 is 5.32 Å². The molecule has 1 rings (SSSR count). The van der Waals surface area contributed by atoms with Crippen molar-refractivity contribution in [2.24, 2.45) is 0 Å². The molecule has 0 amide bonds. The summed E-state index contributed by atoms with van der Waals surface area (Å²) in [4.78, 5) is 0. The number of hydrogen-bond donors (Lipinski definition) is 1. The fourth-order valence-corrected chi connectivity index (χ4v) is 2.22. The Morgan fingerprint density at radius 2 is 1.84 bits per heavy atom. The van der Waals surface area contributed by atoms with E-state index in [9.17, 15) is 13.2 Å². The summed E-state index contributed by atoms with van der Waals surface area (Å²) >= 11 is 0. The Balaban J connectivity index is 2.58. The molecule has 0 fully saturated rings. The summed E-state index contributed by atoms with van der Waals surface area (Å²) in [7, 11) is 0. The third-order valence-electron chi connectivity index (χ3n) is 3.28. The lowest BCUT2D eigenvalue weighted by atomic mass is 10.0. The van der Waals surface area contributed by atoms with Gasteiger partial charge in [-0.25, -0.2) is 0 Å². The number of benzene rings is 1. The number of rotatable bonds is 7. The van der Waals surface area contributed by atoms with Crippen LogP contribution in [0, 0.1) is 0 Å². The van der Waals surface area contributed by atoms with Crippen molar-refractivity contribution >= 4 is 0 Å². The Hall–Kier alpha value is -1.03. The Morgan fingerprint density at radius 1 is 1.16 bits per heavy atom. The highest BCUT2D eigenvalue weighted by Crippen LogP contribution is 2.31. The topological polar surface area (TPSA) is 12.0 Å². The van der Waals surface area contributed by atoms with Crippen LogP contribution in [-0.4, -0.2) is 12.6 Å². The average Bonchev–Trinajstić information content (AvgIpc) is 2.37. The lowest BCUT2D eigenvalue weighted by molar-refractivity contribution is -0.138. The fourth-order valence-electron chi connectivity index (χ4n) is 2.22. The summed E-state index contributed by atoms with van der Waals surface area (Å²) in [6, 6.07) is 6.21. The summed E-state index contributed by atoms with van der Waals surface area (Å²) < 4.78 is 38.4. The van der Waals surface area contributed by atoms with Gasteiger partial charge in [-0.1, -0.05) is 38.5 Å². The van der Waals surface area contributed by atoms with Crippen molar-refractivity contribution < 1.29 is 13.2 Å². The van der Waals surface area contributed by atoms with Crippen LogP contribution in [0.5, 0.6) is 0 Å². The first-order valence-corrected chi connectivity index (χ1v) is 6.87. The first kappa shape index (κ1) is 16.0. The second-order valence-corrected chi connectivity index (χ2v) is 4.75. The molecule has 1 atom stereocenters. The number of alkyl halides is 3. The standard InChI is InChI=1S/C15H22F3N/c1-3-7-13(4-2)19-11-10-12-8-5-6-9-14(12)15(16,17)18/h5-6,8-9,13,19H,3-4,7,10-11H2,1-2H3. The molecule has 1 unspecified atom stereocenters. The zero-order chi connectivity index (χ0) is 14.3. The number of hydrogen-bond acceptors (Lipinski definition) is 1. The minimum Gasteiger partial charge on any atom is -0.314 e. The first-order valence-electron chi connectivity index (χ1n) is 6.87. The van der Waals surface area contributed by atoms with E-state index in [1.165, 1.54) is 6.07 Å². The maximum atomic E-state index is 12.8. The summed E-state index contributed by atoms with van der Waals surface area (Å²) in [6.45, 7) is 4.80. The lowest BCUT2D eigenvalue weighted by Crippen LogP contribution is -2.30. The molecule has 0 aliphatic carbocycles. The van der Waals surface area contributed by atoms with Crippen molar-refractivity contribution in [1.29, 1.82) is 0 Å². The van der Waals surface area contributed by atoms with E-state index in [4.69, 9.17) is 0 Å². The van der Waals surface area contributed by atoms with Crippen LogP contribution < -0.4 is 5.32 Å². The summed E-state index contributed by atoms with van der Waals surface area (Å²) in [5, 5.41) is 3.33. The zero-order valence-corrected chi connectivity index (χ0v) is 11.6. The molecule has 0 aliphatic rings. The van der Waals surface area contributed by atoms with Gasteiger partial charge in [0.1, 0.15) is 0 Å². The van der Waals surface area contributed by atoms with Crippen molar-refractivity contribution in [3.05, 3.63) is 35.4 Å². The van der Waals surface area contributed by atoms with Gasteiger partial charge in [0.2, 0.25) is 0 Å². The second-order valence-electron chi connectivity index (χ2n) is 4.75. The third-order valence-corrected chi connectivity index (χ3v) is 3.28. The Kier molecular flexibility index (Phi) is 6.35. The molecule has 1 nitrogen and oxygen atoms in total. The summed E-state index contributed by atoms with van der Waals surface area (Å²) in [6.07, 6.45) is -0.684. The van der Waals surface area contributed by atoms with Crippen LogP contribution in [0.4, 0.5) is 13.2 Å². The van der Waals surface area contributed by atoms with E-state index in [2.05, 4.69) is 19.2 Å². The molecule has 0 bridgehead atoms. The van der Waals surface area contributed by atoms with Crippen molar-refractivity contribution in [3.63, 3.8) is 0 Å². The molecule has 1 aromatic carbocycles. The molecule has 19 heavy (non-hydrogen) atoms. The van der Waals surface area contributed by atoms with E-state index >= 15 is 0 Å². The minimum atomic E-state index is -4.26. The average molecular weight is 273 g/mol. The third kappa shape index (κ3) is 5.23. The molecule has 0 aliphatic heterocycles. The van der Waals surface area contributed by atoms with Gasteiger partial charge in [-0.15, -0.1) is 0 Å². The van der Waals surface area contributed by atoms with Crippen LogP contribution in [-0.2, 0) is 12.6 Å². The lowest BCUT2D eigenvalue weighted by Gasteiger charge is -2.17. The molecular weight excluding hydrogens is 251 g/mol. The second kappa shape index (κ2) is 7.53. The Morgan fingerprint density at radius 3 is 2.42 bits per heavy atom. The molecular formula is C15H22F3N. The molecule has 1 N–H and O–H groups in total. The van der Waals surface area contributed by atoms with Crippen molar-refractivity contribution in [1.82, 2.24) is 5.32 Å². The van der Waals surface area contributed by atoms with E-state index in [0.29, 0.717) is 24.6 Å². The minimum absolute atomic E-state index is 0.369. The van der Waals surface area contributed by atoms with Gasteiger partial charge in [-0.2, -0.15) is 13.2 Å². The highest BCUT2D eigenvalue weighted by atomic mass is 19.4. The van der Waals surface area contributed by atoms with Crippen molar-refractivity contribution in [2.45, 2.75) is 51.7 Å². The van der Waals surface area contributed by atoms with E-state index < -0.39 is 11.7 Å². The van der Waals surface area contributed by atoms with Gasteiger partial charge in [0.05, 0.1) is 5.56 Å². The molecule has 4 heteroatoms. The highest BCUT2D eigenvalue weighted by molar-refractivity contribution is 5.29. The molecule has 108 valence electrons. The summed E-state index contributed by atoms with van der Waals surface area (Å²) in [5.74, 6) is 0. The first-order chi connectivity index (χ1) is 8.99. The number of nitrogens with one attached hydrogen (secondary N) is 1. The smallest absolute Gasteiger partial charge is 0.314 e. The van der Waals surface area contributed by atoms with Gasteiger partial charge in [0.15, 0.2) is 0 Å². The number of halogens is 3. The molecule has 0 spiro atoms. The Labute approximate surface area is 113 Å². The van der Waals surface area contributed by atoms with Gasteiger partial charge in [-0.05, 0) is 37.4 Å². The largest absolute Gasteiger partial charge is 0.416 e. The molecule has 0 aromatic heterocycles. The van der Waals surface area contributed by atoms with E-state index in [1.54, 1.807) is 12.1 Å². The van der Waals surface area contributed by atoms with Crippen molar-refractivity contribution in [3.8, 4) is 0 Å². The fraction of sp³-hybridized carbons (Fsp3) is 0.600. The van der Waals surface area contributed by atoms with Gasteiger partial charge in [-0.3, -0.25) is 0 Å². The predicted molar refractivity (Wildman–Crippen MR) is 72.1 cm³/mol. The maximum absolute atomic E-state index is 12.8. The molecule has 0 heterocycles. The van der Waals surface area contributed by atoms with E-state index in [1.807, 2.05) is 0 Å². The van der Waals surface area contributed by atoms with Crippen LogP contribution in [0.1, 0.15) is 44.2 Å². The van der Waals surface area contributed by atoms with E-state index in [-0.39, 0.29) is 0 Å². The molecule has 0 saturated carbocycles. The maximum Gasteiger partial charge on any atom is 0.416 e. The van der Waals surface area contributed by atoms with Crippen LogP contribution >= 0.6 is 0 Å². The highest BCUT2D eigenvalue weighted by Gasteiger charge is 2.32. The van der Waals surface area contributed by atoms with Crippen LogP contribution in [0.15, 0.2) is 24.3 Å². The summed E-state index contributed by atoms with van der Waals surface area (Å²) in [5.41, 5.74) is -0.144. The quantitative estimate of drug-likeness (QED) is 0.775. The van der Waals surface area contributed by atoms with Gasteiger partial charge in [0, 0.05) is 6.04 Å². The van der Waals surface area contributed by atoms with Crippen molar-refractivity contribution in [2.75, 3.05) is 6.54 Å². The Bertz CT molecular complexity index is 374. The van der Waals surface area contributed by atoms with Gasteiger partial charge in [0.25, 0.3) is 0 Å². The molecule has 1 aromatic rings. The van der Waals surface area contributed by atoms with Gasteiger partial charge >= 0.3 is 6.18 Å². The predicted octanol–water partition coefficient (Wildman–Crippen LogP) is 4.42. The normalized spacial score (nSPS) is 13.5. The van der Waals surface area contributed by atoms with Crippen LogP contribution in [0.25, 0.3) is 0 Å². The molecule has 0 radical (unpaired) electrons. The molecule has 0 saturated heterocycles.